The third-order valence-corrected chi connectivity index (χ3v) is 5.19. The molecule has 1 aliphatic heterocycles. The van der Waals surface area contributed by atoms with Crippen molar-refractivity contribution in [1.29, 1.82) is 0 Å². The van der Waals surface area contributed by atoms with Crippen LogP contribution in [0.3, 0.4) is 0 Å². The predicted octanol–water partition coefficient (Wildman–Crippen LogP) is 4.95. The third-order valence-electron chi connectivity index (χ3n) is 3.97. The highest BCUT2D eigenvalue weighted by atomic mass is 79.9. The van der Waals surface area contributed by atoms with Crippen molar-refractivity contribution in [3.05, 3.63) is 56.5 Å². The maximum atomic E-state index is 12.9. The van der Waals surface area contributed by atoms with Crippen LogP contribution in [0, 0.1) is 0 Å². The summed E-state index contributed by atoms with van der Waals surface area (Å²) in [6.07, 6.45) is 1.73. The monoisotopic (exact) mass is 506 g/mol. The molecule has 0 aromatic heterocycles. The second-order valence-electron chi connectivity index (χ2n) is 5.96. The van der Waals surface area contributed by atoms with Gasteiger partial charge in [-0.15, -0.1) is 0 Å². The van der Waals surface area contributed by atoms with Crippen molar-refractivity contribution < 1.29 is 19.1 Å². The minimum Gasteiger partial charge on any atom is -0.493 e. The summed E-state index contributed by atoms with van der Waals surface area (Å²) in [4.78, 5) is 24.2. The van der Waals surface area contributed by atoms with Crippen LogP contribution in [0.15, 0.2) is 56.0 Å². The van der Waals surface area contributed by atoms with Crippen LogP contribution in [0.25, 0.3) is 6.08 Å². The second-order valence-corrected chi connectivity index (χ2v) is 7.73. The van der Waals surface area contributed by atoms with Gasteiger partial charge >= 0.3 is 5.97 Å². The Bertz CT molecular complexity index is 1010. The van der Waals surface area contributed by atoms with Gasteiger partial charge in [0.1, 0.15) is 0 Å². The van der Waals surface area contributed by atoms with Gasteiger partial charge in [0.15, 0.2) is 11.5 Å². The van der Waals surface area contributed by atoms with Crippen molar-refractivity contribution in [3.63, 3.8) is 0 Å². The Morgan fingerprint density at radius 3 is 2.43 bits per heavy atom. The number of hydrazone groups is 1. The van der Waals surface area contributed by atoms with Crippen LogP contribution < -0.4 is 14.5 Å². The number of anilines is 1. The lowest BCUT2D eigenvalue weighted by Gasteiger charge is -2.12. The number of ether oxygens (including phenoxy) is 2. The lowest BCUT2D eigenvalue weighted by Crippen LogP contribution is -2.21. The second kappa shape index (κ2) is 8.28. The summed E-state index contributed by atoms with van der Waals surface area (Å²) >= 11 is 6.83. The van der Waals surface area contributed by atoms with Crippen LogP contribution in [0.4, 0.5) is 5.69 Å². The molecule has 0 radical (unpaired) electrons. The summed E-state index contributed by atoms with van der Waals surface area (Å²) in [5.41, 5.74) is 2.44. The molecule has 2 aromatic carbocycles. The van der Waals surface area contributed by atoms with E-state index in [9.17, 15) is 9.59 Å². The number of carbonyl (C=O) groups excluding carboxylic acids is 2. The first-order chi connectivity index (χ1) is 13.3. The Balaban J connectivity index is 1.97. The van der Waals surface area contributed by atoms with Gasteiger partial charge in [-0.3, -0.25) is 9.59 Å². The van der Waals surface area contributed by atoms with E-state index in [0.717, 1.165) is 4.47 Å². The number of nitrogens with zero attached hydrogens (tertiary/aromatic N) is 2. The fourth-order valence-electron chi connectivity index (χ4n) is 2.65. The largest absolute Gasteiger partial charge is 0.493 e. The number of amides is 1. The summed E-state index contributed by atoms with van der Waals surface area (Å²) in [5, 5.41) is 5.74. The van der Waals surface area contributed by atoms with Crippen molar-refractivity contribution in [2.75, 3.05) is 12.1 Å². The van der Waals surface area contributed by atoms with Crippen LogP contribution in [-0.4, -0.2) is 24.7 Å². The molecule has 28 heavy (non-hydrogen) atoms. The molecular weight excluding hydrogens is 492 g/mol. The average Bonchev–Trinajstić information content (AvgIpc) is 2.92. The summed E-state index contributed by atoms with van der Waals surface area (Å²) in [7, 11) is 1.48. The topological polar surface area (TPSA) is 68.2 Å². The van der Waals surface area contributed by atoms with Crippen molar-refractivity contribution in [3.8, 4) is 11.5 Å². The molecule has 0 saturated carbocycles. The fraction of sp³-hybridized carbons (Fsp3) is 0.150. The molecule has 1 heterocycles. The number of hydrogen-bond donors (Lipinski definition) is 0. The van der Waals surface area contributed by atoms with Crippen LogP contribution >= 0.6 is 31.9 Å². The number of hydrogen-bond acceptors (Lipinski definition) is 5. The zero-order valence-electron chi connectivity index (χ0n) is 15.3. The quantitative estimate of drug-likeness (QED) is 0.333. The molecule has 0 fully saturated rings. The molecule has 0 unspecified atom stereocenters. The first-order valence-corrected chi connectivity index (χ1v) is 9.82. The van der Waals surface area contributed by atoms with E-state index in [1.165, 1.54) is 19.0 Å². The molecule has 8 heteroatoms. The van der Waals surface area contributed by atoms with E-state index in [-0.39, 0.29) is 5.91 Å². The Morgan fingerprint density at radius 1 is 1.14 bits per heavy atom. The number of methoxy groups -OCH3 is 1. The summed E-state index contributed by atoms with van der Waals surface area (Å²) in [6, 6.07) is 10.7. The molecule has 0 bridgehead atoms. The SMILES string of the molecule is COc1cc(/C=C2\C(=O)N(c3ccc(Br)cc3)N=C2C)c(Br)cc1OC(C)=O. The third kappa shape index (κ3) is 4.18. The molecule has 3 rings (SSSR count). The molecule has 0 atom stereocenters. The van der Waals surface area contributed by atoms with Gasteiger partial charge in [-0.25, -0.2) is 0 Å². The molecular formula is C20H16Br2N2O4. The Kier molecular flexibility index (Phi) is 6.00. The van der Waals surface area contributed by atoms with Crippen LogP contribution in [0.1, 0.15) is 19.4 Å². The minimum absolute atomic E-state index is 0.227. The van der Waals surface area contributed by atoms with E-state index in [1.807, 2.05) is 24.3 Å². The van der Waals surface area contributed by atoms with Gasteiger partial charge in [0.2, 0.25) is 0 Å². The Morgan fingerprint density at radius 2 is 1.82 bits per heavy atom. The van der Waals surface area contributed by atoms with Gasteiger partial charge in [0.25, 0.3) is 5.91 Å². The lowest BCUT2D eigenvalue weighted by atomic mass is 10.1. The molecule has 0 aliphatic carbocycles. The average molecular weight is 508 g/mol. The minimum atomic E-state index is -0.449. The van der Waals surface area contributed by atoms with Gasteiger partial charge in [0, 0.05) is 15.9 Å². The molecule has 0 spiro atoms. The number of benzene rings is 2. The predicted molar refractivity (Wildman–Crippen MR) is 115 cm³/mol. The smallest absolute Gasteiger partial charge is 0.308 e. The molecule has 6 nitrogen and oxygen atoms in total. The fourth-order valence-corrected chi connectivity index (χ4v) is 3.35. The zero-order valence-corrected chi connectivity index (χ0v) is 18.5. The van der Waals surface area contributed by atoms with E-state index in [1.54, 1.807) is 25.1 Å². The highest BCUT2D eigenvalue weighted by Crippen LogP contribution is 2.35. The van der Waals surface area contributed by atoms with Gasteiger partial charge in [0.05, 0.1) is 24.1 Å². The molecule has 1 aliphatic rings. The van der Waals surface area contributed by atoms with E-state index < -0.39 is 5.97 Å². The molecule has 2 aromatic rings. The van der Waals surface area contributed by atoms with Crippen molar-refractivity contribution in [2.45, 2.75) is 13.8 Å². The van der Waals surface area contributed by atoms with Gasteiger partial charge in [-0.1, -0.05) is 31.9 Å². The lowest BCUT2D eigenvalue weighted by molar-refractivity contribution is -0.132. The van der Waals surface area contributed by atoms with Gasteiger partial charge in [-0.2, -0.15) is 10.1 Å². The van der Waals surface area contributed by atoms with E-state index in [4.69, 9.17) is 9.47 Å². The Hall–Kier alpha value is -2.45. The van der Waals surface area contributed by atoms with Gasteiger partial charge in [-0.05, 0) is 55.0 Å². The maximum Gasteiger partial charge on any atom is 0.308 e. The number of rotatable bonds is 4. The van der Waals surface area contributed by atoms with Crippen molar-refractivity contribution >= 4 is 61.2 Å². The first-order valence-electron chi connectivity index (χ1n) is 8.23. The number of halogens is 2. The molecule has 0 saturated heterocycles. The molecule has 144 valence electrons. The normalized spacial score (nSPS) is 15.0. The number of carbonyl (C=O) groups is 2. The van der Waals surface area contributed by atoms with E-state index in [0.29, 0.717) is 38.5 Å². The van der Waals surface area contributed by atoms with E-state index in [2.05, 4.69) is 37.0 Å². The first kappa shape index (κ1) is 20.3. The molecule has 1 amide bonds. The van der Waals surface area contributed by atoms with Crippen molar-refractivity contribution in [1.82, 2.24) is 0 Å². The standard InChI is InChI=1S/C20H16Br2N2O4/c1-11-16(20(26)24(23-11)15-6-4-14(21)5-7-15)8-13-9-18(27-3)19(10-17(13)22)28-12(2)25/h4-10H,1-3H3/b16-8-. The highest BCUT2D eigenvalue weighted by Gasteiger charge is 2.29. The van der Waals surface area contributed by atoms with E-state index >= 15 is 0 Å². The maximum absolute atomic E-state index is 12.9. The van der Waals surface area contributed by atoms with Crippen molar-refractivity contribution in [2.24, 2.45) is 5.10 Å². The Labute approximate surface area is 179 Å². The summed E-state index contributed by atoms with van der Waals surface area (Å²) in [5.74, 6) is 0.00356. The van der Waals surface area contributed by atoms with Crippen LogP contribution in [0.5, 0.6) is 11.5 Å². The summed E-state index contributed by atoms with van der Waals surface area (Å²) in [6.45, 7) is 3.10. The molecule has 0 N–H and O–H groups in total. The zero-order chi connectivity index (χ0) is 20.4. The van der Waals surface area contributed by atoms with Crippen LogP contribution in [0.2, 0.25) is 0 Å². The summed E-state index contributed by atoms with van der Waals surface area (Å²) < 4.78 is 12.0. The van der Waals surface area contributed by atoms with Crippen LogP contribution in [-0.2, 0) is 9.59 Å². The number of esters is 1. The highest BCUT2D eigenvalue weighted by molar-refractivity contribution is 9.10. The van der Waals surface area contributed by atoms with Gasteiger partial charge < -0.3 is 9.47 Å².